The number of aromatic nitrogens is 2. The summed E-state index contributed by atoms with van der Waals surface area (Å²) in [5, 5.41) is 16.2. The van der Waals surface area contributed by atoms with E-state index in [1.54, 1.807) is 19.1 Å². The number of aliphatic hydroxyl groups excluding tert-OH is 1. The molecule has 0 spiro atoms. The van der Waals surface area contributed by atoms with Crippen LogP contribution in [0.2, 0.25) is 5.02 Å². The molecule has 0 aliphatic heterocycles. The zero-order valence-corrected chi connectivity index (χ0v) is 18.3. The van der Waals surface area contributed by atoms with Crippen LogP contribution in [0.3, 0.4) is 0 Å². The van der Waals surface area contributed by atoms with Gasteiger partial charge in [-0.05, 0) is 56.2 Å². The lowest BCUT2D eigenvalue weighted by atomic mass is 10.1. The molecule has 3 aromatic rings. The number of benzene rings is 2. The minimum Gasteiger partial charge on any atom is -0.406 e. The van der Waals surface area contributed by atoms with Gasteiger partial charge in [0.05, 0.1) is 12.3 Å². The fourth-order valence-corrected chi connectivity index (χ4v) is 3.41. The molecule has 0 saturated carbocycles. The minimum absolute atomic E-state index is 0.152. The van der Waals surface area contributed by atoms with Crippen LogP contribution < -0.4 is 15.4 Å². The lowest BCUT2D eigenvalue weighted by Crippen LogP contribution is -2.21. The fraction of sp³-hybridized carbons (Fsp3) is 0.273. The molecule has 0 fully saturated rings. The Labute approximate surface area is 188 Å². The normalized spacial score (nSPS) is 12.4. The summed E-state index contributed by atoms with van der Waals surface area (Å²) in [6.45, 7) is 5.39. The molecule has 1 heterocycles. The van der Waals surface area contributed by atoms with Gasteiger partial charge in [-0.2, -0.15) is 4.98 Å². The summed E-state index contributed by atoms with van der Waals surface area (Å²) in [4.78, 5) is 8.84. The highest BCUT2D eigenvalue weighted by Crippen LogP contribution is 2.31. The number of halogens is 4. The van der Waals surface area contributed by atoms with Crippen molar-refractivity contribution in [2.75, 3.05) is 17.2 Å². The molecule has 0 aliphatic carbocycles. The zero-order chi connectivity index (χ0) is 23.5. The van der Waals surface area contributed by atoms with Crippen LogP contribution in [-0.2, 0) is 0 Å². The van der Waals surface area contributed by atoms with E-state index in [1.807, 2.05) is 26.0 Å². The molecule has 10 heteroatoms. The fourth-order valence-electron chi connectivity index (χ4n) is 3.08. The van der Waals surface area contributed by atoms with E-state index in [-0.39, 0.29) is 24.3 Å². The highest BCUT2D eigenvalue weighted by molar-refractivity contribution is 6.30. The van der Waals surface area contributed by atoms with Crippen molar-refractivity contribution in [3.8, 4) is 17.0 Å². The summed E-state index contributed by atoms with van der Waals surface area (Å²) in [6.07, 6.45) is -4.80. The number of ether oxygens (including phenoxy) is 1. The summed E-state index contributed by atoms with van der Waals surface area (Å²) < 4.78 is 41.9. The lowest BCUT2D eigenvalue weighted by Gasteiger charge is -2.17. The summed E-state index contributed by atoms with van der Waals surface area (Å²) in [7, 11) is 0. The van der Waals surface area contributed by atoms with Crippen LogP contribution in [0.4, 0.5) is 30.6 Å². The molecule has 0 aliphatic rings. The van der Waals surface area contributed by atoms with Gasteiger partial charge >= 0.3 is 6.36 Å². The van der Waals surface area contributed by atoms with Gasteiger partial charge in [0.2, 0.25) is 5.95 Å². The maximum Gasteiger partial charge on any atom is 0.573 e. The van der Waals surface area contributed by atoms with Crippen LogP contribution in [0.5, 0.6) is 5.75 Å². The largest absolute Gasteiger partial charge is 0.573 e. The quantitative estimate of drug-likeness (QED) is 0.405. The van der Waals surface area contributed by atoms with Crippen molar-refractivity contribution in [3.63, 3.8) is 0 Å². The highest BCUT2D eigenvalue weighted by Gasteiger charge is 2.31. The molecule has 0 amide bonds. The van der Waals surface area contributed by atoms with Gasteiger partial charge in [0.1, 0.15) is 11.6 Å². The minimum atomic E-state index is -4.80. The monoisotopic (exact) mass is 466 g/mol. The molecular formula is C22H22ClF3N4O2. The van der Waals surface area contributed by atoms with Crippen molar-refractivity contribution in [3.05, 3.63) is 58.6 Å². The number of nitrogens with one attached hydrogen (secondary N) is 2. The van der Waals surface area contributed by atoms with E-state index in [1.165, 1.54) is 18.2 Å². The molecule has 32 heavy (non-hydrogen) atoms. The van der Waals surface area contributed by atoms with Crippen LogP contribution in [-0.4, -0.2) is 34.1 Å². The number of alkyl halides is 3. The van der Waals surface area contributed by atoms with Crippen molar-refractivity contribution in [2.24, 2.45) is 0 Å². The number of nitrogens with zero attached hydrogens (tertiary/aromatic N) is 2. The van der Waals surface area contributed by atoms with E-state index < -0.39 is 6.36 Å². The predicted octanol–water partition coefficient (Wildman–Crippen LogP) is 5.85. The lowest BCUT2D eigenvalue weighted by molar-refractivity contribution is -0.274. The first-order valence-corrected chi connectivity index (χ1v) is 10.1. The molecule has 3 rings (SSSR count). The van der Waals surface area contributed by atoms with Crippen LogP contribution in [0.1, 0.15) is 18.1 Å². The molecule has 3 N–H and O–H groups in total. The number of hydrogen-bond donors (Lipinski definition) is 3. The van der Waals surface area contributed by atoms with Gasteiger partial charge in [-0.25, -0.2) is 4.98 Å². The van der Waals surface area contributed by atoms with Gasteiger partial charge in [0, 0.05) is 28.4 Å². The first-order chi connectivity index (χ1) is 15.0. The van der Waals surface area contributed by atoms with E-state index in [2.05, 4.69) is 25.3 Å². The SMILES string of the molecule is Cc1cc(Cl)cc(C)c1Nc1cc(-c2cccc(OC(F)(F)F)c2)nc(N[C@H](C)CO)n1. The molecule has 170 valence electrons. The Morgan fingerprint density at radius 1 is 1.09 bits per heavy atom. The zero-order valence-electron chi connectivity index (χ0n) is 17.6. The standard InChI is InChI=1S/C22H22ClF3N4O2/c1-12-7-16(23)8-13(2)20(12)29-19-10-18(28-21(30-19)27-14(3)11-31)15-5-4-6-17(9-15)32-22(24,25)26/h4-10,14,31H,11H2,1-3H3,(H2,27,28,29,30)/t14-/m1/s1. The first-order valence-electron chi connectivity index (χ1n) is 9.70. The predicted molar refractivity (Wildman–Crippen MR) is 119 cm³/mol. The number of aliphatic hydroxyl groups is 1. The third-order valence-corrected chi connectivity index (χ3v) is 4.71. The molecule has 1 aromatic heterocycles. The summed E-state index contributed by atoms with van der Waals surface area (Å²) in [5.74, 6) is 0.266. The van der Waals surface area contributed by atoms with Gasteiger partial charge in [-0.3, -0.25) is 0 Å². The second-order valence-corrected chi connectivity index (χ2v) is 7.74. The Morgan fingerprint density at radius 3 is 2.41 bits per heavy atom. The smallest absolute Gasteiger partial charge is 0.406 e. The second-order valence-electron chi connectivity index (χ2n) is 7.31. The third-order valence-electron chi connectivity index (χ3n) is 4.49. The highest BCUT2D eigenvalue weighted by atomic mass is 35.5. The van der Waals surface area contributed by atoms with Gasteiger partial charge in [-0.1, -0.05) is 23.7 Å². The molecule has 1 atom stereocenters. The molecular weight excluding hydrogens is 445 g/mol. The van der Waals surface area contributed by atoms with Crippen LogP contribution >= 0.6 is 11.6 Å². The molecule has 0 bridgehead atoms. The van der Waals surface area contributed by atoms with Crippen LogP contribution in [0.25, 0.3) is 11.3 Å². The van der Waals surface area contributed by atoms with Crippen molar-refractivity contribution < 1.29 is 23.0 Å². The van der Waals surface area contributed by atoms with E-state index in [9.17, 15) is 18.3 Å². The van der Waals surface area contributed by atoms with Crippen molar-refractivity contribution in [1.29, 1.82) is 0 Å². The maximum atomic E-state index is 12.6. The Morgan fingerprint density at radius 2 is 1.78 bits per heavy atom. The van der Waals surface area contributed by atoms with E-state index in [4.69, 9.17) is 11.6 Å². The summed E-state index contributed by atoms with van der Waals surface area (Å²) >= 11 is 6.11. The molecule has 0 radical (unpaired) electrons. The van der Waals surface area contributed by atoms with Gasteiger partial charge in [0.15, 0.2) is 0 Å². The molecule has 6 nitrogen and oxygen atoms in total. The van der Waals surface area contributed by atoms with Gasteiger partial charge in [-0.15, -0.1) is 13.2 Å². The summed E-state index contributed by atoms with van der Waals surface area (Å²) in [5.41, 5.74) is 3.37. The van der Waals surface area contributed by atoms with E-state index in [0.29, 0.717) is 22.1 Å². The molecule has 0 unspecified atom stereocenters. The average molecular weight is 467 g/mol. The number of hydrogen-bond acceptors (Lipinski definition) is 6. The van der Waals surface area contributed by atoms with Crippen molar-refractivity contribution in [1.82, 2.24) is 9.97 Å². The van der Waals surface area contributed by atoms with Crippen LogP contribution in [0.15, 0.2) is 42.5 Å². The number of rotatable bonds is 7. The Kier molecular flexibility index (Phi) is 7.10. The Balaban J connectivity index is 2.03. The first kappa shape index (κ1) is 23.6. The topological polar surface area (TPSA) is 79.3 Å². The van der Waals surface area contributed by atoms with Gasteiger partial charge < -0.3 is 20.5 Å². The number of aryl methyl sites for hydroxylation is 2. The molecule has 0 saturated heterocycles. The molecule has 2 aromatic carbocycles. The number of anilines is 3. The van der Waals surface area contributed by atoms with E-state index in [0.717, 1.165) is 16.8 Å². The Bertz CT molecular complexity index is 1090. The maximum absolute atomic E-state index is 12.6. The van der Waals surface area contributed by atoms with E-state index >= 15 is 0 Å². The second kappa shape index (κ2) is 9.62. The third kappa shape index (κ3) is 6.24. The Hall–Kier alpha value is -3.04. The van der Waals surface area contributed by atoms with Crippen molar-refractivity contribution in [2.45, 2.75) is 33.2 Å². The van der Waals surface area contributed by atoms with Crippen LogP contribution in [0, 0.1) is 13.8 Å². The van der Waals surface area contributed by atoms with Gasteiger partial charge in [0.25, 0.3) is 0 Å². The average Bonchev–Trinajstić information content (AvgIpc) is 2.69. The van der Waals surface area contributed by atoms with Crippen molar-refractivity contribution >= 4 is 29.1 Å². The summed E-state index contributed by atoms with van der Waals surface area (Å²) in [6, 6.07) is 10.4.